The molecule has 0 radical (unpaired) electrons. The van der Waals surface area contributed by atoms with Crippen LogP contribution in [0.15, 0.2) is 28.9 Å². The zero-order valence-corrected chi connectivity index (χ0v) is 14.1. The van der Waals surface area contributed by atoms with Gasteiger partial charge in [-0.1, -0.05) is 18.1 Å². The molecule has 2 aromatic heterocycles. The van der Waals surface area contributed by atoms with Gasteiger partial charge in [0.05, 0.1) is 18.2 Å². The van der Waals surface area contributed by atoms with Gasteiger partial charge in [0, 0.05) is 38.5 Å². The fraction of sp³-hybridized carbons (Fsp3) is 0.471. The van der Waals surface area contributed by atoms with Crippen LogP contribution in [0.5, 0.6) is 0 Å². The van der Waals surface area contributed by atoms with Crippen LogP contribution < -0.4 is 5.32 Å². The fourth-order valence-corrected chi connectivity index (χ4v) is 2.76. The second-order valence-electron chi connectivity index (χ2n) is 6.00. The highest BCUT2D eigenvalue weighted by Gasteiger charge is 2.34. The molecule has 132 valence electrons. The number of carbonyl (C=O) groups excluding carboxylic acids is 2. The molecule has 0 aliphatic carbocycles. The van der Waals surface area contributed by atoms with E-state index in [9.17, 15) is 9.59 Å². The summed E-state index contributed by atoms with van der Waals surface area (Å²) < 4.78 is 5.02. The predicted octanol–water partition coefficient (Wildman–Crippen LogP) is 0.734. The quantitative estimate of drug-likeness (QED) is 0.795. The van der Waals surface area contributed by atoms with Crippen molar-refractivity contribution in [2.24, 2.45) is 5.92 Å². The molecule has 0 saturated carbocycles. The lowest BCUT2D eigenvalue weighted by Crippen LogP contribution is -2.34. The molecule has 1 aliphatic rings. The number of carbonyl (C=O) groups is 2. The molecule has 2 amide bonds. The normalized spacial score (nSPS) is 17.1. The van der Waals surface area contributed by atoms with Gasteiger partial charge in [0.2, 0.25) is 17.7 Å². The average Bonchev–Trinajstić information content (AvgIpc) is 3.23. The van der Waals surface area contributed by atoms with Gasteiger partial charge in [0.25, 0.3) is 0 Å². The monoisotopic (exact) mass is 343 g/mol. The smallest absolute Gasteiger partial charge is 0.226 e. The van der Waals surface area contributed by atoms with Gasteiger partial charge in [-0.2, -0.15) is 4.98 Å². The van der Waals surface area contributed by atoms with Gasteiger partial charge in [0.1, 0.15) is 0 Å². The lowest BCUT2D eigenvalue weighted by molar-refractivity contribution is -0.129. The predicted molar refractivity (Wildman–Crippen MR) is 88.2 cm³/mol. The maximum atomic E-state index is 12.3. The molecule has 0 unspecified atom stereocenters. The van der Waals surface area contributed by atoms with E-state index in [0.29, 0.717) is 44.2 Å². The summed E-state index contributed by atoms with van der Waals surface area (Å²) in [6.07, 6.45) is 3.13. The Bertz CT molecular complexity index is 731. The third-order valence-corrected chi connectivity index (χ3v) is 4.12. The van der Waals surface area contributed by atoms with Crippen LogP contribution in [-0.2, 0) is 29.0 Å². The molecule has 1 saturated heterocycles. The Morgan fingerprint density at radius 3 is 3.04 bits per heavy atom. The summed E-state index contributed by atoms with van der Waals surface area (Å²) in [5.41, 5.74) is 0.820. The van der Waals surface area contributed by atoms with Crippen molar-refractivity contribution in [3.63, 3.8) is 0 Å². The van der Waals surface area contributed by atoms with Crippen molar-refractivity contribution in [1.82, 2.24) is 25.3 Å². The summed E-state index contributed by atoms with van der Waals surface area (Å²) in [6.45, 7) is 3.22. The van der Waals surface area contributed by atoms with Crippen LogP contribution >= 0.6 is 0 Å². The standard InChI is InChI=1S/C17H21N5O3/c1-2-15-20-14(21-25-15)6-8-19-17(24)12-9-16(23)22(10-12)11-13-5-3-4-7-18-13/h3-5,7,12H,2,6,8-11H2,1H3,(H,19,24)/t12-/m1/s1. The maximum absolute atomic E-state index is 12.3. The zero-order valence-electron chi connectivity index (χ0n) is 14.1. The van der Waals surface area contributed by atoms with Gasteiger partial charge in [-0.05, 0) is 12.1 Å². The molecule has 25 heavy (non-hydrogen) atoms. The van der Waals surface area contributed by atoms with Crippen LogP contribution in [0.1, 0.15) is 30.8 Å². The Kier molecular flexibility index (Phi) is 5.37. The molecule has 8 heteroatoms. The molecule has 1 atom stereocenters. The molecule has 1 aliphatic heterocycles. The summed E-state index contributed by atoms with van der Waals surface area (Å²) in [4.78, 5) is 34.5. The van der Waals surface area contributed by atoms with Gasteiger partial charge in [0.15, 0.2) is 5.82 Å². The molecule has 0 spiro atoms. The highest BCUT2D eigenvalue weighted by atomic mass is 16.5. The first-order valence-electron chi connectivity index (χ1n) is 8.42. The van der Waals surface area contributed by atoms with Crippen molar-refractivity contribution in [3.05, 3.63) is 41.8 Å². The number of amides is 2. The number of hydrogen-bond donors (Lipinski definition) is 1. The highest BCUT2D eigenvalue weighted by Crippen LogP contribution is 2.19. The first-order chi connectivity index (χ1) is 12.2. The van der Waals surface area contributed by atoms with E-state index in [2.05, 4.69) is 20.4 Å². The Morgan fingerprint density at radius 1 is 1.44 bits per heavy atom. The van der Waals surface area contributed by atoms with Gasteiger partial charge < -0.3 is 14.7 Å². The van der Waals surface area contributed by atoms with E-state index < -0.39 is 0 Å². The SMILES string of the molecule is CCc1nc(CCNC(=O)[C@@H]2CC(=O)N(Cc3ccccn3)C2)no1. The third-order valence-electron chi connectivity index (χ3n) is 4.12. The topological polar surface area (TPSA) is 101 Å². The minimum absolute atomic E-state index is 0.0171. The summed E-state index contributed by atoms with van der Waals surface area (Å²) in [7, 11) is 0. The average molecular weight is 343 g/mol. The van der Waals surface area contributed by atoms with Crippen molar-refractivity contribution in [1.29, 1.82) is 0 Å². The molecule has 1 N–H and O–H groups in total. The first kappa shape index (κ1) is 17.1. The van der Waals surface area contributed by atoms with Gasteiger partial charge in [-0.25, -0.2) is 0 Å². The number of pyridine rings is 1. The van der Waals surface area contributed by atoms with Crippen LogP contribution in [0.4, 0.5) is 0 Å². The van der Waals surface area contributed by atoms with Crippen LogP contribution in [0.2, 0.25) is 0 Å². The molecule has 2 aromatic rings. The number of rotatable bonds is 7. The van der Waals surface area contributed by atoms with Gasteiger partial charge >= 0.3 is 0 Å². The number of nitrogens with zero attached hydrogens (tertiary/aromatic N) is 4. The maximum Gasteiger partial charge on any atom is 0.226 e. The summed E-state index contributed by atoms with van der Waals surface area (Å²) in [5.74, 6) is 0.713. The van der Waals surface area contributed by atoms with Crippen LogP contribution in [0.3, 0.4) is 0 Å². The van der Waals surface area contributed by atoms with Crippen LogP contribution in [0.25, 0.3) is 0 Å². The third kappa shape index (κ3) is 4.40. The zero-order chi connectivity index (χ0) is 17.6. The van der Waals surface area contributed by atoms with E-state index in [-0.39, 0.29) is 24.2 Å². The van der Waals surface area contributed by atoms with E-state index in [1.54, 1.807) is 11.1 Å². The summed E-state index contributed by atoms with van der Waals surface area (Å²) in [5, 5.41) is 6.70. The van der Waals surface area contributed by atoms with Crippen molar-refractivity contribution in [3.8, 4) is 0 Å². The molecule has 3 rings (SSSR count). The Morgan fingerprint density at radius 2 is 2.32 bits per heavy atom. The molecule has 1 fully saturated rings. The second kappa shape index (κ2) is 7.87. The van der Waals surface area contributed by atoms with Crippen molar-refractivity contribution < 1.29 is 14.1 Å². The Balaban J connectivity index is 1.45. The van der Waals surface area contributed by atoms with Crippen molar-refractivity contribution in [2.45, 2.75) is 32.7 Å². The lowest BCUT2D eigenvalue weighted by Gasteiger charge is -2.16. The number of aryl methyl sites for hydroxylation is 1. The molecular weight excluding hydrogens is 322 g/mol. The van der Waals surface area contributed by atoms with E-state index in [0.717, 1.165) is 5.69 Å². The van der Waals surface area contributed by atoms with Crippen molar-refractivity contribution in [2.75, 3.05) is 13.1 Å². The van der Waals surface area contributed by atoms with E-state index >= 15 is 0 Å². The van der Waals surface area contributed by atoms with Crippen LogP contribution in [0, 0.1) is 5.92 Å². The first-order valence-corrected chi connectivity index (χ1v) is 8.42. The number of nitrogens with one attached hydrogen (secondary N) is 1. The lowest BCUT2D eigenvalue weighted by atomic mass is 10.1. The van der Waals surface area contributed by atoms with Gasteiger partial charge in [-0.3, -0.25) is 14.6 Å². The number of likely N-dealkylation sites (tertiary alicyclic amines) is 1. The summed E-state index contributed by atoms with van der Waals surface area (Å²) >= 11 is 0. The number of aromatic nitrogens is 3. The van der Waals surface area contributed by atoms with Gasteiger partial charge in [-0.15, -0.1) is 0 Å². The number of hydrogen-bond acceptors (Lipinski definition) is 6. The van der Waals surface area contributed by atoms with E-state index in [4.69, 9.17) is 4.52 Å². The minimum atomic E-state index is -0.326. The van der Waals surface area contributed by atoms with Crippen molar-refractivity contribution >= 4 is 11.8 Å². The second-order valence-corrected chi connectivity index (χ2v) is 6.00. The van der Waals surface area contributed by atoms with E-state index in [1.165, 1.54) is 0 Å². The molecule has 0 bridgehead atoms. The highest BCUT2D eigenvalue weighted by molar-refractivity contribution is 5.89. The van der Waals surface area contributed by atoms with E-state index in [1.807, 2.05) is 25.1 Å². The largest absolute Gasteiger partial charge is 0.355 e. The molecule has 0 aromatic carbocycles. The molecule has 8 nitrogen and oxygen atoms in total. The molecule has 3 heterocycles. The Hall–Kier alpha value is -2.77. The molecular formula is C17H21N5O3. The minimum Gasteiger partial charge on any atom is -0.355 e. The Labute approximate surface area is 145 Å². The van der Waals surface area contributed by atoms with Crippen LogP contribution in [-0.4, -0.2) is 44.9 Å². The fourth-order valence-electron chi connectivity index (χ4n) is 2.76. The summed E-state index contributed by atoms with van der Waals surface area (Å²) in [6, 6.07) is 5.59.